The SMILES string of the molecule is CCOC(=O)C(C=NNC(=O)Cc1ccccc1C(F)(F)F)=C(O)c1ccccc1. The zero-order valence-corrected chi connectivity index (χ0v) is 15.9. The second kappa shape index (κ2) is 10.2. The van der Waals surface area contributed by atoms with E-state index in [-0.39, 0.29) is 17.7 Å². The number of rotatable bonds is 7. The van der Waals surface area contributed by atoms with Crippen molar-refractivity contribution in [1.82, 2.24) is 5.43 Å². The van der Waals surface area contributed by atoms with Crippen molar-refractivity contribution in [2.24, 2.45) is 5.10 Å². The molecule has 9 heteroatoms. The number of hydrazone groups is 1. The number of nitrogens with zero attached hydrogens (tertiary/aromatic N) is 1. The molecule has 0 aromatic heterocycles. The van der Waals surface area contributed by atoms with E-state index in [4.69, 9.17) is 4.74 Å². The van der Waals surface area contributed by atoms with E-state index in [9.17, 15) is 27.9 Å². The molecule has 0 aliphatic heterocycles. The average Bonchev–Trinajstić information content (AvgIpc) is 2.71. The molecule has 0 heterocycles. The van der Waals surface area contributed by atoms with Crippen LogP contribution in [-0.2, 0) is 26.9 Å². The van der Waals surface area contributed by atoms with Crippen LogP contribution in [-0.4, -0.2) is 29.8 Å². The number of nitrogens with one attached hydrogen (secondary N) is 1. The van der Waals surface area contributed by atoms with Gasteiger partial charge in [0.2, 0.25) is 5.91 Å². The third-order valence-electron chi connectivity index (χ3n) is 3.85. The van der Waals surface area contributed by atoms with Crippen molar-refractivity contribution < 1.29 is 32.6 Å². The molecule has 0 spiro atoms. The van der Waals surface area contributed by atoms with E-state index >= 15 is 0 Å². The third-order valence-corrected chi connectivity index (χ3v) is 3.85. The number of aliphatic hydroxyl groups is 1. The molecule has 2 aromatic rings. The topological polar surface area (TPSA) is 88.0 Å². The first kappa shape index (κ1) is 22.7. The Morgan fingerprint density at radius 3 is 2.37 bits per heavy atom. The smallest absolute Gasteiger partial charge is 0.416 e. The summed E-state index contributed by atoms with van der Waals surface area (Å²) in [4.78, 5) is 24.1. The lowest BCUT2D eigenvalue weighted by Gasteiger charge is -2.11. The lowest BCUT2D eigenvalue weighted by atomic mass is 10.0. The molecule has 0 fully saturated rings. The van der Waals surface area contributed by atoms with Gasteiger partial charge in [-0.3, -0.25) is 4.79 Å². The van der Waals surface area contributed by atoms with Crippen LogP contribution in [0.4, 0.5) is 13.2 Å². The Morgan fingerprint density at radius 2 is 1.73 bits per heavy atom. The lowest BCUT2D eigenvalue weighted by Crippen LogP contribution is -2.22. The lowest BCUT2D eigenvalue weighted by molar-refractivity contribution is -0.139. The van der Waals surface area contributed by atoms with Crippen molar-refractivity contribution in [2.45, 2.75) is 19.5 Å². The van der Waals surface area contributed by atoms with E-state index < -0.39 is 35.8 Å². The first-order valence-electron chi connectivity index (χ1n) is 8.86. The van der Waals surface area contributed by atoms with E-state index in [1.54, 1.807) is 37.3 Å². The summed E-state index contributed by atoms with van der Waals surface area (Å²) in [6.45, 7) is 1.62. The minimum atomic E-state index is -4.60. The zero-order chi connectivity index (χ0) is 22.1. The maximum Gasteiger partial charge on any atom is 0.416 e. The van der Waals surface area contributed by atoms with Gasteiger partial charge < -0.3 is 9.84 Å². The van der Waals surface area contributed by atoms with Gasteiger partial charge in [-0.1, -0.05) is 48.5 Å². The standard InChI is InChI=1S/C21H19F3N2O4/c1-2-30-20(29)16(19(28)14-8-4-3-5-9-14)13-25-26-18(27)12-15-10-6-7-11-17(15)21(22,23)24/h3-11,13,28H,2,12H2,1H3,(H,26,27). The number of alkyl halides is 3. The predicted molar refractivity (Wildman–Crippen MR) is 104 cm³/mol. The fourth-order valence-corrected chi connectivity index (χ4v) is 2.50. The van der Waals surface area contributed by atoms with E-state index in [0.29, 0.717) is 5.56 Å². The molecule has 6 nitrogen and oxygen atoms in total. The molecule has 2 aromatic carbocycles. The normalized spacial score (nSPS) is 12.4. The van der Waals surface area contributed by atoms with Gasteiger partial charge in [-0.05, 0) is 18.6 Å². The second-order valence-electron chi connectivity index (χ2n) is 5.97. The van der Waals surface area contributed by atoms with Gasteiger partial charge in [0.1, 0.15) is 11.3 Å². The van der Waals surface area contributed by atoms with Gasteiger partial charge in [-0.25, -0.2) is 10.2 Å². The highest BCUT2D eigenvalue weighted by atomic mass is 19.4. The Labute approximate surface area is 170 Å². The number of hydrogen-bond acceptors (Lipinski definition) is 5. The van der Waals surface area contributed by atoms with Gasteiger partial charge in [-0.15, -0.1) is 0 Å². The van der Waals surface area contributed by atoms with Crippen molar-refractivity contribution >= 4 is 23.9 Å². The molecule has 0 atom stereocenters. The van der Waals surface area contributed by atoms with Crippen molar-refractivity contribution in [2.75, 3.05) is 6.61 Å². The fraction of sp³-hybridized carbons (Fsp3) is 0.190. The number of carbonyl (C=O) groups excluding carboxylic acids is 2. The molecule has 158 valence electrons. The summed E-state index contributed by atoms with van der Waals surface area (Å²) < 4.78 is 43.9. The number of hydrogen-bond donors (Lipinski definition) is 2. The molecule has 1 amide bonds. The molecule has 0 unspecified atom stereocenters. The number of halogens is 3. The maximum absolute atomic E-state index is 13.0. The van der Waals surface area contributed by atoms with Crippen LogP contribution in [0.3, 0.4) is 0 Å². The maximum atomic E-state index is 13.0. The van der Waals surface area contributed by atoms with Crippen molar-refractivity contribution in [1.29, 1.82) is 0 Å². The van der Waals surface area contributed by atoms with Crippen LogP contribution in [0.15, 0.2) is 65.3 Å². The summed E-state index contributed by atoms with van der Waals surface area (Å²) in [7, 11) is 0. The predicted octanol–water partition coefficient (Wildman–Crippen LogP) is 3.88. The summed E-state index contributed by atoms with van der Waals surface area (Å²) in [6, 6.07) is 12.8. The Bertz CT molecular complexity index is 954. The van der Waals surface area contributed by atoms with Crippen LogP contribution >= 0.6 is 0 Å². The summed E-state index contributed by atoms with van der Waals surface area (Å²) in [5, 5.41) is 13.9. The third kappa shape index (κ3) is 6.20. The molecular weight excluding hydrogens is 401 g/mol. The van der Waals surface area contributed by atoms with E-state index in [2.05, 4.69) is 10.5 Å². The van der Waals surface area contributed by atoms with Gasteiger partial charge >= 0.3 is 12.1 Å². The quantitative estimate of drug-likeness (QED) is 0.234. The van der Waals surface area contributed by atoms with Crippen molar-refractivity contribution in [3.8, 4) is 0 Å². The number of benzene rings is 2. The van der Waals surface area contributed by atoms with E-state index in [0.717, 1.165) is 12.3 Å². The van der Waals surface area contributed by atoms with E-state index in [1.165, 1.54) is 18.2 Å². The molecule has 0 bridgehead atoms. The van der Waals surface area contributed by atoms with Gasteiger partial charge in [0, 0.05) is 5.56 Å². The van der Waals surface area contributed by atoms with Gasteiger partial charge in [0.05, 0.1) is 24.8 Å². The summed E-state index contributed by atoms with van der Waals surface area (Å²) in [5.41, 5.74) is 0.915. The van der Waals surface area contributed by atoms with Crippen LogP contribution in [0, 0.1) is 0 Å². The molecule has 0 aliphatic carbocycles. The van der Waals surface area contributed by atoms with Crippen LogP contribution in [0.2, 0.25) is 0 Å². The Balaban J connectivity index is 2.18. The Hall–Kier alpha value is -3.62. The highest BCUT2D eigenvalue weighted by Crippen LogP contribution is 2.32. The molecule has 0 saturated carbocycles. The average molecular weight is 420 g/mol. The monoisotopic (exact) mass is 420 g/mol. The van der Waals surface area contributed by atoms with Crippen LogP contribution in [0.5, 0.6) is 0 Å². The molecule has 0 saturated heterocycles. The number of amides is 1. The van der Waals surface area contributed by atoms with Crippen LogP contribution in [0.1, 0.15) is 23.6 Å². The Kier molecular flexibility index (Phi) is 7.74. The minimum absolute atomic E-state index is 0.0405. The number of aliphatic hydroxyl groups excluding tert-OH is 1. The molecule has 30 heavy (non-hydrogen) atoms. The number of esters is 1. The van der Waals surface area contributed by atoms with Gasteiger partial charge in [-0.2, -0.15) is 18.3 Å². The minimum Gasteiger partial charge on any atom is -0.506 e. The molecule has 0 radical (unpaired) electrons. The van der Waals surface area contributed by atoms with Crippen LogP contribution in [0.25, 0.3) is 5.76 Å². The zero-order valence-electron chi connectivity index (χ0n) is 15.9. The fourth-order valence-electron chi connectivity index (χ4n) is 2.50. The summed E-state index contributed by atoms with van der Waals surface area (Å²) in [6.07, 6.45) is -4.29. The van der Waals surface area contributed by atoms with Crippen molar-refractivity contribution in [3.63, 3.8) is 0 Å². The molecule has 2 rings (SSSR count). The van der Waals surface area contributed by atoms with Gasteiger partial charge in [0.15, 0.2) is 0 Å². The number of carbonyl (C=O) groups is 2. The molecular formula is C21H19F3N2O4. The van der Waals surface area contributed by atoms with Crippen molar-refractivity contribution in [3.05, 3.63) is 76.9 Å². The summed E-state index contributed by atoms with van der Waals surface area (Å²) >= 11 is 0. The summed E-state index contributed by atoms with van der Waals surface area (Å²) in [5.74, 6) is -2.13. The van der Waals surface area contributed by atoms with Gasteiger partial charge in [0.25, 0.3) is 0 Å². The molecule has 0 aliphatic rings. The Morgan fingerprint density at radius 1 is 1.10 bits per heavy atom. The number of ether oxygens (including phenoxy) is 1. The molecule has 2 N–H and O–H groups in total. The first-order valence-corrected chi connectivity index (χ1v) is 8.86. The van der Waals surface area contributed by atoms with E-state index in [1.807, 2.05) is 0 Å². The first-order chi connectivity index (χ1) is 14.2. The highest BCUT2D eigenvalue weighted by Gasteiger charge is 2.33. The van der Waals surface area contributed by atoms with Crippen LogP contribution < -0.4 is 5.43 Å². The second-order valence-corrected chi connectivity index (χ2v) is 5.97. The highest BCUT2D eigenvalue weighted by molar-refractivity contribution is 6.15. The largest absolute Gasteiger partial charge is 0.506 e.